The van der Waals surface area contributed by atoms with E-state index >= 15 is 0 Å². The largest absolute Gasteiger partial charge is 0.459 e. The van der Waals surface area contributed by atoms with Crippen LogP contribution in [0.4, 0.5) is 4.79 Å². The third-order valence-corrected chi connectivity index (χ3v) is 5.39. The van der Waals surface area contributed by atoms with Crippen LogP contribution >= 0.6 is 0 Å². The van der Waals surface area contributed by atoms with Crippen molar-refractivity contribution in [2.24, 2.45) is 0 Å². The van der Waals surface area contributed by atoms with Crippen molar-refractivity contribution in [1.82, 2.24) is 10.2 Å². The average Bonchev–Trinajstić information content (AvgIpc) is 3.19. The van der Waals surface area contributed by atoms with Crippen molar-refractivity contribution < 1.29 is 23.9 Å². The Morgan fingerprint density at radius 3 is 2.15 bits per heavy atom. The van der Waals surface area contributed by atoms with Crippen LogP contribution in [0, 0.1) is 0 Å². The molecule has 0 aromatic heterocycles. The second-order valence-corrected chi connectivity index (χ2v) is 9.31. The number of esters is 1. The molecule has 2 amide bonds. The minimum absolute atomic E-state index is 0.104. The first-order valence-corrected chi connectivity index (χ1v) is 11.2. The molecule has 7 heteroatoms. The van der Waals surface area contributed by atoms with E-state index < -0.39 is 23.7 Å². The maximum absolute atomic E-state index is 13.3. The number of amides is 2. The van der Waals surface area contributed by atoms with Crippen molar-refractivity contribution >= 4 is 18.0 Å². The van der Waals surface area contributed by atoms with E-state index in [0.29, 0.717) is 12.8 Å². The van der Waals surface area contributed by atoms with E-state index in [1.54, 1.807) is 27.7 Å². The minimum atomic E-state index is -0.862. The molecule has 0 bridgehead atoms. The third-order valence-electron chi connectivity index (χ3n) is 5.39. The van der Waals surface area contributed by atoms with Gasteiger partial charge in [0, 0.05) is 6.04 Å². The van der Waals surface area contributed by atoms with Gasteiger partial charge in [0.25, 0.3) is 0 Å². The Bertz CT molecular complexity index is 959. The lowest BCUT2D eigenvalue weighted by atomic mass is 10.1. The molecular formula is C26H32N2O5. The first kappa shape index (κ1) is 24.3. The number of nitrogens with zero attached hydrogens (tertiary/aromatic N) is 1. The molecule has 2 aromatic carbocycles. The van der Waals surface area contributed by atoms with Crippen molar-refractivity contribution in [3.05, 3.63) is 71.3 Å². The van der Waals surface area contributed by atoms with Gasteiger partial charge < -0.3 is 19.7 Å². The molecule has 1 aliphatic carbocycles. The van der Waals surface area contributed by atoms with Crippen LogP contribution in [-0.2, 0) is 38.5 Å². The Morgan fingerprint density at radius 1 is 1.00 bits per heavy atom. The summed E-state index contributed by atoms with van der Waals surface area (Å²) in [6.07, 6.45) is 0.609. The van der Waals surface area contributed by atoms with Crippen LogP contribution < -0.4 is 5.32 Å². The van der Waals surface area contributed by atoms with Gasteiger partial charge >= 0.3 is 12.1 Å². The molecule has 0 heterocycles. The second kappa shape index (κ2) is 10.5. The molecule has 33 heavy (non-hydrogen) atoms. The van der Waals surface area contributed by atoms with Gasteiger partial charge in [-0.15, -0.1) is 0 Å². The highest BCUT2D eigenvalue weighted by Crippen LogP contribution is 2.26. The van der Waals surface area contributed by atoms with Gasteiger partial charge in [0.2, 0.25) is 5.91 Å². The van der Waals surface area contributed by atoms with Gasteiger partial charge in [-0.05, 0) is 57.2 Å². The molecule has 176 valence electrons. The number of fused-ring (bicyclic) bond motifs is 1. The number of benzene rings is 2. The lowest BCUT2D eigenvalue weighted by molar-refractivity contribution is -0.160. The number of ether oxygens (including phenoxy) is 2. The zero-order chi connectivity index (χ0) is 24.0. The van der Waals surface area contributed by atoms with Crippen molar-refractivity contribution in [1.29, 1.82) is 0 Å². The summed E-state index contributed by atoms with van der Waals surface area (Å²) in [5.41, 5.74) is 2.51. The van der Waals surface area contributed by atoms with Crippen LogP contribution in [-0.4, -0.2) is 47.1 Å². The molecule has 1 N–H and O–H groups in total. The smallest absolute Gasteiger partial charge is 0.408 e. The van der Waals surface area contributed by atoms with Crippen molar-refractivity contribution in [3.63, 3.8) is 0 Å². The SMILES string of the molecule is C[C@H](NC(=O)OCc1ccccc1)C(=O)N(CC(=O)OC(C)(C)C)C1Cc2ccccc2C1. The van der Waals surface area contributed by atoms with E-state index in [4.69, 9.17) is 9.47 Å². The standard InChI is InChI=1S/C26H32N2O5/c1-18(27-25(31)32-17-19-10-6-5-7-11-19)24(30)28(16-23(29)33-26(2,3)4)22-14-20-12-8-9-13-21(20)15-22/h5-13,18,22H,14-17H2,1-4H3,(H,27,31)/t18-/m0/s1. The summed E-state index contributed by atoms with van der Waals surface area (Å²) >= 11 is 0. The van der Waals surface area contributed by atoms with Gasteiger partial charge in [-0.3, -0.25) is 9.59 Å². The molecule has 0 unspecified atom stereocenters. The van der Waals surface area contributed by atoms with Gasteiger partial charge in [0.1, 0.15) is 24.8 Å². The van der Waals surface area contributed by atoms with Crippen LogP contribution in [0.3, 0.4) is 0 Å². The molecule has 0 saturated heterocycles. The van der Waals surface area contributed by atoms with E-state index in [1.807, 2.05) is 54.6 Å². The predicted molar refractivity (Wildman–Crippen MR) is 124 cm³/mol. The van der Waals surface area contributed by atoms with Crippen LogP contribution in [0.2, 0.25) is 0 Å². The lowest BCUT2D eigenvalue weighted by Gasteiger charge is -2.32. The highest BCUT2D eigenvalue weighted by Gasteiger charge is 2.35. The third kappa shape index (κ3) is 7.07. The van der Waals surface area contributed by atoms with E-state index in [0.717, 1.165) is 16.7 Å². The fourth-order valence-corrected chi connectivity index (χ4v) is 3.91. The van der Waals surface area contributed by atoms with Crippen LogP contribution in [0.15, 0.2) is 54.6 Å². The Labute approximate surface area is 195 Å². The summed E-state index contributed by atoms with van der Waals surface area (Å²) in [6, 6.07) is 16.2. The molecule has 1 atom stereocenters. The zero-order valence-corrected chi connectivity index (χ0v) is 19.7. The van der Waals surface area contributed by atoms with Gasteiger partial charge in [0.15, 0.2) is 0 Å². The number of hydrogen-bond acceptors (Lipinski definition) is 5. The van der Waals surface area contributed by atoms with E-state index in [2.05, 4.69) is 5.32 Å². The molecular weight excluding hydrogens is 420 g/mol. The highest BCUT2D eigenvalue weighted by molar-refractivity contribution is 5.88. The summed E-state index contributed by atoms with van der Waals surface area (Å²) in [6.45, 7) is 6.88. The van der Waals surface area contributed by atoms with Gasteiger partial charge in [-0.1, -0.05) is 54.6 Å². The maximum atomic E-state index is 13.3. The average molecular weight is 453 g/mol. The van der Waals surface area contributed by atoms with Crippen molar-refractivity contribution in [2.75, 3.05) is 6.54 Å². The Morgan fingerprint density at radius 2 is 1.58 bits per heavy atom. The first-order valence-electron chi connectivity index (χ1n) is 11.2. The number of carbonyl (C=O) groups excluding carboxylic acids is 3. The number of rotatable bonds is 7. The van der Waals surface area contributed by atoms with E-state index in [-0.39, 0.29) is 25.1 Å². The Hall–Kier alpha value is -3.35. The summed E-state index contributed by atoms with van der Waals surface area (Å²) in [5, 5.41) is 2.59. The lowest BCUT2D eigenvalue weighted by Crippen LogP contribution is -2.53. The summed E-state index contributed by atoms with van der Waals surface area (Å²) in [4.78, 5) is 39.7. The topological polar surface area (TPSA) is 84.9 Å². The molecule has 7 nitrogen and oxygen atoms in total. The quantitative estimate of drug-likeness (QED) is 0.649. The summed E-state index contributed by atoms with van der Waals surface area (Å²) in [7, 11) is 0. The van der Waals surface area contributed by atoms with Crippen molar-refractivity contribution in [2.45, 2.75) is 64.8 Å². The molecule has 1 aliphatic rings. The normalized spacial score (nSPS) is 14.2. The summed E-state index contributed by atoms with van der Waals surface area (Å²) in [5.74, 6) is -0.832. The number of hydrogen-bond donors (Lipinski definition) is 1. The summed E-state index contributed by atoms with van der Waals surface area (Å²) < 4.78 is 10.7. The van der Waals surface area contributed by atoms with E-state index in [9.17, 15) is 14.4 Å². The van der Waals surface area contributed by atoms with Gasteiger partial charge in [-0.2, -0.15) is 0 Å². The molecule has 0 spiro atoms. The molecule has 2 aromatic rings. The number of nitrogens with one attached hydrogen (secondary N) is 1. The monoisotopic (exact) mass is 452 g/mol. The van der Waals surface area contributed by atoms with Crippen molar-refractivity contribution in [3.8, 4) is 0 Å². The molecule has 0 saturated carbocycles. The van der Waals surface area contributed by atoms with Gasteiger partial charge in [-0.25, -0.2) is 4.79 Å². The van der Waals surface area contributed by atoms with E-state index in [1.165, 1.54) is 4.90 Å². The zero-order valence-electron chi connectivity index (χ0n) is 19.7. The fourth-order valence-electron chi connectivity index (χ4n) is 3.91. The van der Waals surface area contributed by atoms with Crippen LogP contribution in [0.1, 0.15) is 44.4 Å². The Kier molecular flexibility index (Phi) is 7.74. The van der Waals surface area contributed by atoms with Gasteiger partial charge in [0.05, 0.1) is 0 Å². The first-order chi connectivity index (χ1) is 15.6. The minimum Gasteiger partial charge on any atom is -0.459 e. The van der Waals surface area contributed by atoms with Crippen LogP contribution in [0.25, 0.3) is 0 Å². The second-order valence-electron chi connectivity index (χ2n) is 9.31. The maximum Gasteiger partial charge on any atom is 0.408 e. The predicted octanol–water partition coefficient (Wildman–Crippen LogP) is 3.64. The molecule has 0 fully saturated rings. The molecule has 0 radical (unpaired) electrons. The molecule has 3 rings (SSSR count). The Balaban J connectivity index is 1.66. The highest BCUT2D eigenvalue weighted by atomic mass is 16.6. The number of alkyl carbamates (subject to hydrolysis) is 1. The fraction of sp³-hybridized carbons (Fsp3) is 0.423. The molecule has 0 aliphatic heterocycles. The van der Waals surface area contributed by atoms with Crippen LogP contribution in [0.5, 0.6) is 0 Å². The number of carbonyl (C=O) groups is 3.